The molecule has 0 rings (SSSR count). The predicted octanol–water partition coefficient (Wildman–Crippen LogP) is 3.72. The van der Waals surface area contributed by atoms with E-state index in [1.165, 1.54) is 44.9 Å². The zero-order valence-corrected chi connectivity index (χ0v) is 15.9. The average molecular weight is 348 g/mol. The summed E-state index contributed by atoms with van der Waals surface area (Å²) in [6.07, 6.45) is 13.2. The number of aliphatic hydroxyl groups excluding tert-OH is 2. The topological polar surface area (TPSA) is 89.8 Å². The molecule has 0 aliphatic heterocycles. The first-order chi connectivity index (χ1) is 11.6. The fraction of sp³-hybridized carbons (Fsp3) is 0.947. The molecular formula is C19H41NO4. The summed E-state index contributed by atoms with van der Waals surface area (Å²) in [5.74, 6) is -0.693. The number of carboxylic acid groups (broad SMARTS) is 1. The molecule has 0 heterocycles. The van der Waals surface area contributed by atoms with Crippen molar-refractivity contribution in [3.63, 3.8) is 0 Å². The minimum Gasteiger partial charge on any atom is -0.481 e. The number of hydrogen-bond acceptors (Lipinski definition) is 4. The number of nitrogens with one attached hydrogen (secondary N) is 1. The Labute approximate surface area is 148 Å². The lowest BCUT2D eigenvalue weighted by Gasteiger charge is -2.10. The average Bonchev–Trinajstić information content (AvgIpc) is 2.56. The van der Waals surface area contributed by atoms with Crippen molar-refractivity contribution < 1.29 is 20.1 Å². The van der Waals surface area contributed by atoms with Crippen LogP contribution in [0.1, 0.15) is 90.9 Å². The Bertz CT molecular complexity index is 250. The fourth-order valence-corrected chi connectivity index (χ4v) is 2.29. The molecule has 0 aliphatic carbocycles. The first-order valence-corrected chi connectivity index (χ1v) is 9.79. The highest BCUT2D eigenvalue weighted by Gasteiger charge is 2.02. The molecular weight excluding hydrogens is 306 g/mol. The lowest BCUT2D eigenvalue weighted by Crippen LogP contribution is -2.28. The number of hydrogen-bond donors (Lipinski definition) is 4. The molecule has 1 atom stereocenters. The molecule has 1 unspecified atom stereocenters. The Morgan fingerprint density at radius 3 is 1.92 bits per heavy atom. The number of carbonyl (C=O) groups is 1. The van der Waals surface area contributed by atoms with E-state index in [4.69, 9.17) is 10.2 Å². The Morgan fingerprint density at radius 2 is 1.46 bits per heavy atom. The van der Waals surface area contributed by atoms with Crippen LogP contribution in [-0.2, 0) is 4.79 Å². The van der Waals surface area contributed by atoms with Gasteiger partial charge in [0, 0.05) is 19.5 Å². The molecule has 0 fully saturated rings. The number of aliphatic carboxylic acids is 1. The Morgan fingerprint density at radius 1 is 0.917 bits per heavy atom. The van der Waals surface area contributed by atoms with Crippen LogP contribution < -0.4 is 5.32 Å². The maximum Gasteiger partial charge on any atom is 0.303 e. The first-order valence-electron chi connectivity index (χ1n) is 9.79. The van der Waals surface area contributed by atoms with E-state index in [2.05, 4.69) is 12.2 Å². The molecule has 5 heteroatoms. The molecule has 5 nitrogen and oxygen atoms in total. The summed E-state index contributed by atoms with van der Waals surface area (Å²) in [5.41, 5.74) is 0. The Kier molecular flexibility index (Phi) is 23.8. The first kappa shape index (κ1) is 25.6. The lowest BCUT2D eigenvalue weighted by molar-refractivity contribution is -0.137. The van der Waals surface area contributed by atoms with Gasteiger partial charge in [0.25, 0.3) is 0 Å². The lowest BCUT2D eigenvalue weighted by atomic mass is 10.1. The van der Waals surface area contributed by atoms with Crippen LogP contribution in [0, 0.1) is 0 Å². The van der Waals surface area contributed by atoms with Crippen molar-refractivity contribution in [1.29, 1.82) is 0 Å². The summed E-state index contributed by atoms with van der Waals surface area (Å²) in [7, 11) is 0. The van der Waals surface area contributed by atoms with Crippen molar-refractivity contribution in [3.8, 4) is 0 Å². The van der Waals surface area contributed by atoms with Gasteiger partial charge in [0.15, 0.2) is 0 Å². The molecule has 0 radical (unpaired) electrons. The van der Waals surface area contributed by atoms with Gasteiger partial charge in [-0.05, 0) is 12.8 Å². The van der Waals surface area contributed by atoms with Crippen LogP contribution in [0.15, 0.2) is 0 Å². The zero-order valence-electron chi connectivity index (χ0n) is 15.9. The van der Waals surface area contributed by atoms with Crippen molar-refractivity contribution in [2.24, 2.45) is 0 Å². The normalized spacial score (nSPS) is 11.7. The fourth-order valence-electron chi connectivity index (χ4n) is 2.29. The maximum atomic E-state index is 9.76. The molecule has 0 bridgehead atoms. The highest BCUT2D eigenvalue weighted by atomic mass is 16.4. The molecule has 0 amide bonds. The van der Waals surface area contributed by atoms with E-state index < -0.39 is 5.97 Å². The SMILES string of the molecule is CCCCC(=O)O.CCCCCCCCCCC(O)CNCCO. The van der Waals surface area contributed by atoms with Gasteiger partial charge in [-0.15, -0.1) is 0 Å². The number of unbranched alkanes of at least 4 members (excludes halogenated alkanes) is 8. The maximum absolute atomic E-state index is 9.76. The molecule has 0 aromatic rings. The zero-order chi connectivity index (χ0) is 18.5. The van der Waals surface area contributed by atoms with Gasteiger partial charge < -0.3 is 20.6 Å². The van der Waals surface area contributed by atoms with E-state index in [1.807, 2.05) is 6.92 Å². The molecule has 0 saturated carbocycles. The van der Waals surface area contributed by atoms with Gasteiger partial charge in [-0.3, -0.25) is 4.79 Å². The Balaban J connectivity index is 0. The molecule has 4 N–H and O–H groups in total. The summed E-state index contributed by atoms with van der Waals surface area (Å²) in [5, 5.41) is 29.2. The van der Waals surface area contributed by atoms with E-state index in [9.17, 15) is 9.90 Å². The largest absolute Gasteiger partial charge is 0.481 e. The number of aliphatic hydroxyl groups is 2. The van der Waals surface area contributed by atoms with Gasteiger partial charge in [0.05, 0.1) is 12.7 Å². The minimum atomic E-state index is -0.693. The summed E-state index contributed by atoms with van der Waals surface area (Å²) in [4.78, 5) is 9.76. The van der Waals surface area contributed by atoms with Crippen LogP contribution >= 0.6 is 0 Å². The van der Waals surface area contributed by atoms with Crippen molar-refractivity contribution in [2.45, 2.75) is 97.0 Å². The quantitative estimate of drug-likeness (QED) is 0.320. The van der Waals surface area contributed by atoms with Crippen molar-refractivity contribution in [1.82, 2.24) is 5.32 Å². The second-order valence-electron chi connectivity index (χ2n) is 6.34. The van der Waals surface area contributed by atoms with Crippen molar-refractivity contribution in [2.75, 3.05) is 19.7 Å². The van der Waals surface area contributed by atoms with E-state index in [-0.39, 0.29) is 12.7 Å². The van der Waals surface area contributed by atoms with Crippen LogP contribution in [0.4, 0.5) is 0 Å². The van der Waals surface area contributed by atoms with E-state index in [0.717, 1.165) is 25.7 Å². The molecule has 0 aliphatic rings. The smallest absolute Gasteiger partial charge is 0.303 e. The van der Waals surface area contributed by atoms with Gasteiger partial charge >= 0.3 is 5.97 Å². The summed E-state index contributed by atoms with van der Waals surface area (Å²) < 4.78 is 0. The second-order valence-corrected chi connectivity index (χ2v) is 6.34. The molecule has 0 aromatic heterocycles. The van der Waals surface area contributed by atoms with E-state index in [0.29, 0.717) is 19.5 Å². The van der Waals surface area contributed by atoms with Crippen molar-refractivity contribution >= 4 is 5.97 Å². The van der Waals surface area contributed by atoms with Gasteiger partial charge in [-0.2, -0.15) is 0 Å². The van der Waals surface area contributed by atoms with E-state index >= 15 is 0 Å². The third-order valence-electron chi connectivity index (χ3n) is 3.80. The van der Waals surface area contributed by atoms with Gasteiger partial charge in [-0.1, -0.05) is 71.6 Å². The van der Waals surface area contributed by atoms with E-state index in [1.54, 1.807) is 0 Å². The van der Waals surface area contributed by atoms with Gasteiger partial charge in [0.2, 0.25) is 0 Å². The summed E-state index contributed by atoms with van der Waals surface area (Å²) >= 11 is 0. The molecule has 0 saturated heterocycles. The summed E-state index contributed by atoms with van der Waals surface area (Å²) in [6, 6.07) is 0. The highest BCUT2D eigenvalue weighted by Crippen LogP contribution is 2.10. The van der Waals surface area contributed by atoms with Crippen molar-refractivity contribution in [3.05, 3.63) is 0 Å². The number of rotatable bonds is 16. The predicted molar refractivity (Wildman–Crippen MR) is 100 cm³/mol. The van der Waals surface area contributed by atoms with Crippen LogP contribution in [0.3, 0.4) is 0 Å². The standard InChI is InChI=1S/C14H31NO2.C5H10O2/c1-2-3-4-5-6-7-8-9-10-14(17)13-15-11-12-16;1-2-3-4-5(6)7/h14-17H,2-13H2,1H3;2-4H2,1H3,(H,6,7). The number of carboxylic acids is 1. The molecule has 24 heavy (non-hydrogen) atoms. The molecule has 0 spiro atoms. The Hall–Kier alpha value is -0.650. The third-order valence-corrected chi connectivity index (χ3v) is 3.80. The monoisotopic (exact) mass is 347 g/mol. The van der Waals surface area contributed by atoms with Crippen LogP contribution in [-0.4, -0.2) is 47.1 Å². The highest BCUT2D eigenvalue weighted by molar-refractivity contribution is 5.66. The van der Waals surface area contributed by atoms with Crippen LogP contribution in [0.5, 0.6) is 0 Å². The minimum absolute atomic E-state index is 0.143. The molecule has 0 aromatic carbocycles. The van der Waals surface area contributed by atoms with Crippen LogP contribution in [0.25, 0.3) is 0 Å². The van der Waals surface area contributed by atoms with Gasteiger partial charge in [0.1, 0.15) is 0 Å². The molecule has 146 valence electrons. The summed E-state index contributed by atoms with van der Waals surface area (Å²) in [6.45, 7) is 5.55. The van der Waals surface area contributed by atoms with Gasteiger partial charge in [-0.25, -0.2) is 0 Å². The third kappa shape index (κ3) is 26.3. The van der Waals surface area contributed by atoms with Crippen LogP contribution in [0.2, 0.25) is 0 Å². The second kappa shape index (κ2) is 22.4.